The molecule has 1 aromatic carbocycles. The molecular weight excluding hydrogens is 358 g/mol. The molecule has 2 N–H and O–H groups in total. The lowest BCUT2D eigenvalue weighted by atomic mass is 10.2. The van der Waals surface area contributed by atoms with E-state index in [9.17, 15) is 13.2 Å². The van der Waals surface area contributed by atoms with Crippen LogP contribution in [0.2, 0.25) is 0 Å². The normalized spacial score (nSPS) is 15.6. The topological polar surface area (TPSA) is 97.0 Å². The van der Waals surface area contributed by atoms with Gasteiger partial charge in [0.1, 0.15) is 10.6 Å². The second-order valence-corrected chi connectivity index (χ2v) is 7.79. The minimum atomic E-state index is -3.76. The number of carbonyl (C=O) groups excluding carboxylic acids is 1. The van der Waals surface area contributed by atoms with Crippen LogP contribution < -0.4 is 15.4 Å². The minimum absolute atomic E-state index is 0.00124. The molecule has 0 atom stereocenters. The third-order valence-corrected chi connectivity index (χ3v) is 5.95. The summed E-state index contributed by atoms with van der Waals surface area (Å²) in [5, 5.41) is 5.97. The van der Waals surface area contributed by atoms with Crippen molar-refractivity contribution < 1.29 is 22.7 Å². The van der Waals surface area contributed by atoms with E-state index in [1.165, 1.54) is 23.5 Å². The summed E-state index contributed by atoms with van der Waals surface area (Å²) in [6, 6.07) is 4.45. The molecule has 0 unspecified atom stereocenters. The first kappa shape index (κ1) is 20.6. The fourth-order valence-corrected chi connectivity index (χ4v) is 4.20. The smallest absolute Gasteiger partial charge is 0.251 e. The van der Waals surface area contributed by atoms with Crippen molar-refractivity contribution in [3.8, 4) is 5.75 Å². The van der Waals surface area contributed by atoms with E-state index in [-0.39, 0.29) is 35.2 Å². The van der Waals surface area contributed by atoms with Gasteiger partial charge in [-0.15, -0.1) is 0 Å². The van der Waals surface area contributed by atoms with Crippen LogP contribution in [0.5, 0.6) is 5.75 Å². The van der Waals surface area contributed by atoms with E-state index in [0.717, 1.165) is 13.0 Å². The van der Waals surface area contributed by atoms with Crippen LogP contribution in [0.1, 0.15) is 23.7 Å². The van der Waals surface area contributed by atoms with E-state index in [4.69, 9.17) is 9.47 Å². The van der Waals surface area contributed by atoms with Gasteiger partial charge in [-0.2, -0.15) is 4.31 Å². The van der Waals surface area contributed by atoms with Gasteiger partial charge in [0.05, 0.1) is 20.3 Å². The van der Waals surface area contributed by atoms with Crippen molar-refractivity contribution in [1.82, 2.24) is 14.9 Å². The highest BCUT2D eigenvalue weighted by Crippen LogP contribution is 2.28. The average molecular weight is 385 g/mol. The first-order chi connectivity index (χ1) is 12.5. The molecule has 26 heavy (non-hydrogen) atoms. The van der Waals surface area contributed by atoms with Crippen LogP contribution in [0.3, 0.4) is 0 Å². The number of nitrogens with zero attached hydrogens (tertiary/aromatic N) is 1. The molecule has 1 aliphatic heterocycles. The highest BCUT2D eigenvalue weighted by atomic mass is 32.2. The Hall–Kier alpha value is -1.68. The lowest BCUT2D eigenvalue weighted by Crippen LogP contribution is -2.40. The Balaban J connectivity index is 2.15. The average Bonchev–Trinajstić information content (AvgIpc) is 2.67. The number of rotatable bonds is 9. The van der Waals surface area contributed by atoms with Gasteiger partial charge in [0.2, 0.25) is 10.0 Å². The molecule has 0 bridgehead atoms. The highest BCUT2D eigenvalue weighted by Gasteiger charge is 2.30. The summed E-state index contributed by atoms with van der Waals surface area (Å²) >= 11 is 0. The summed E-state index contributed by atoms with van der Waals surface area (Å²) in [5.74, 6) is -0.0953. The Labute approximate surface area is 154 Å². The zero-order valence-corrected chi connectivity index (χ0v) is 16.1. The van der Waals surface area contributed by atoms with Crippen molar-refractivity contribution in [2.24, 2.45) is 0 Å². The van der Waals surface area contributed by atoms with Crippen LogP contribution in [0.4, 0.5) is 0 Å². The molecule has 1 aromatic rings. The summed E-state index contributed by atoms with van der Waals surface area (Å²) in [6.45, 7) is 5.36. The minimum Gasteiger partial charge on any atom is -0.495 e. The van der Waals surface area contributed by atoms with Crippen LogP contribution >= 0.6 is 0 Å². The first-order valence-corrected chi connectivity index (χ1v) is 10.2. The maximum Gasteiger partial charge on any atom is 0.251 e. The molecule has 9 heteroatoms. The Morgan fingerprint density at radius 2 is 1.96 bits per heavy atom. The molecule has 1 amide bonds. The Morgan fingerprint density at radius 3 is 2.62 bits per heavy atom. The Bertz CT molecular complexity index is 702. The largest absolute Gasteiger partial charge is 0.495 e. The zero-order valence-electron chi connectivity index (χ0n) is 15.3. The molecule has 0 saturated carbocycles. The number of sulfonamides is 1. The van der Waals surface area contributed by atoms with Crippen LogP contribution in [0.25, 0.3) is 0 Å². The molecule has 1 aliphatic rings. The number of hydrogen-bond donors (Lipinski definition) is 2. The van der Waals surface area contributed by atoms with Crippen molar-refractivity contribution in [2.75, 3.05) is 53.0 Å². The summed E-state index contributed by atoms with van der Waals surface area (Å²) < 4.78 is 37.6. The van der Waals surface area contributed by atoms with Gasteiger partial charge in [-0.05, 0) is 31.2 Å². The standard InChI is InChI=1S/C17H27N3O5S/c1-3-6-18-7-8-19-17(21)14-4-5-15(24-2)16(13-14)26(22,23)20-9-11-25-12-10-20/h4-5,13,18H,3,6-12H2,1-2H3,(H,19,21). The van der Waals surface area contributed by atoms with Crippen LogP contribution in [-0.4, -0.2) is 71.7 Å². The van der Waals surface area contributed by atoms with Gasteiger partial charge in [0, 0.05) is 31.7 Å². The molecule has 146 valence electrons. The summed E-state index contributed by atoms with van der Waals surface area (Å²) in [7, 11) is -2.35. The summed E-state index contributed by atoms with van der Waals surface area (Å²) in [6.07, 6.45) is 1.02. The number of amides is 1. The van der Waals surface area contributed by atoms with Crippen molar-refractivity contribution in [2.45, 2.75) is 18.2 Å². The predicted octanol–water partition coefficient (Wildman–Crippen LogP) is 0.446. The van der Waals surface area contributed by atoms with Crippen molar-refractivity contribution in [3.05, 3.63) is 23.8 Å². The molecule has 0 spiro atoms. The molecular formula is C17H27N3O5S. The molecule has 0 radical (unpaired) electrons. The molecule has 1 saturated heterocycles. The molecule has 1 heterocycles. The fourth-order valence-electron chi connectivity index (χ4n) is 2.61. The summed E-state index contributed by atoms with van der Waals surface area (Å²) in [4.78, 5) is 12.3. The van der Waals surface area contributed by atoms with Crippen LogP contribution in [0.15, 0.2) is 23.1 Å². The van der Waals surface area contributed by atoms with E-state index in [1.54, 1.807) is 6.07 Å². The van der Waals surface area contributed by atoms with Gasteiger partial charge >= 0.3 is 0 Å². The quantitative estimate of drug-likeness (QED) is 0.599. The van der Waals surface area contributed by atoms with E-state index in [0.29, 0.717) is 26.3 Å². The van der Waals surface area contributed by atoms with E-state index >= 15 is 0 Å². The third kappa shape index (κ3) is 5.16. The van der Waals surface area contributed by atoms with Gasteiger partial charge < -0.3 is 20.1 Å². The Kier molecular flexibility index (Phi) is 7.83. The maximum atomic E-state index is 12.9. The SMILES string of the molecule is CCCNCCNC(=O)c1ccc(OC)c(S(=O)(=O)N2CCOCC2)c1. The fraction of sp³-hybridized carbons (Fsp3) is 0.588. The Morgan fingerprint density at radius 1 is 1.23 bits per heavy atom. The molecule has 8 nitrogen and oxygen atoms in total. The van der Waals surface area contributed by atoms with Crippen LogP contribution in [0, 0.1) is 0 Å². The van der Waals surface area contributed by atoms with E-state index in [2.05, 4.69) is 17.6 Å². The van der Waals surface area contributed by atoms with Crippen molar-refractivity contribution in [3.63, 3.8) is 0 Å². The van der Waals surface area contributed by atoms with Gasteiger partial charge in [-0.25, -0.2) is 8.42 Å². The maximum absolute atomic E-state index is 12.9. The van der Waals surface area contributed by atoms with Gasteiger partial charge in [-0.3, -0.25) is 4.79 Å². The van der Waals surface area contributed by atoms with E-state index in [1.807, 2.05) is 0 Å². The number of methoxy groups -OCH3 is 1. The molecule has 1 fully saturated rings. The van der Waals surface area contributed by atoms with Gasteiger partial charge in [0.25, 0.3) is 5.91 Å². The number of hydrogen-bond acceptors (Lipinski definition) is 6. The van der Waals surface area contributed by atoms with Gasteiger partial charge in [0.15, 0.2) is 0 Å². The predicted molar refractivity (Wildman–Crippen MR) is 98.1 cm³/mol. The second kappa shape index (κ2) is 9.86. The number of morpholine rings is 1. The van der Waals surface area contributed by atoms with Crippen molar-refractivity contribution in [1.29, 1.82) is 0 Å². The monoisotopic (exact) mass is 385 g/mol. The van der Waals surface area contributed by atoms with E-state index < -0.39 is 10.0 Å². The summed E-state index contributed by atoms with van der Waals surface area (Å²) in [5.41, 5.74) is 0.285. The third-order valence-electron chi connectivity index (χ3n) is 4.03. The molecule has 2 rings (SSSR count). The van der Waals surface area contributed by atoms with Crippen molar-refractivity contribution >= 4 is 15.9 Å². The molecule has 0 aliphatic carbocycles. The lowest BCUT2D eigenvalue weighted by Gasteiger charge is -2.26. The first-order valence-electron chi connectivity index (χ1n) is 8.75. The van der Waals surface area contributed by atoms with Gasteiger partial charge in [-0.1, -0.05) is 6.92 Å². The molecule has 0 aromatic heterocycles. The second-order valence-electron chi connectivity index (χ2n) is 5.89. The number of benzene rings is 1. The van der Waals surface area contributed by atoms with Crippen LogP contribution in [-0.2, 0) is 14.8 Å². The lowest BCUT2D eigenvalue weighted by molar-refractivity contribution is 0.0729. The number of nitrogens with one attached hydrogen (secondary N) is 2. The number of ether oxygens (including phenoxy) is 2. The number of carbonyl (C=O) groups is 1. The highest BCUT2D eigenvalue weighted by molar-refractivity contribution is 7.89. The zero-order chi connectivity index (χ0) is 19.0.